The fraction of sp³-hybridized carbons (Fsp3) is 0.500. The van der Waals surface area contributed by atoms with Crippen LogP contribution in [0, 0.1) is 11.8 Å². The molecule has 0 aliphatic carbocycles. The highest BCUT2D eigenvalue weighted by Crippen LogP contribution is 2.26. The lowest BCUT2D eigenvalue weighted by Crippen LogP contribution is -2.49. The maximum atomic E-state index is 12.0. The number of halogens is 1. The first-order valence-electron chi connectivity index (χ1n) is 6.52. The molecule has 1 atom stereocenters. The van der Waals surface area contributed by atoms with Crippen molar-refractivity contribution in [2.24, 2.45) is 11.8 Å². The molecule has 0 bridgehead atoms. The monoisotopic (exact) mass is 282 g/mol. The molecule has 2 heterocycles. The molecule has 2 aliphatic rings. The Morgan fingerprint density at radius 1 is 1.37 bits per heavy atom. The minimum atomic E-state index is -0.0482. The highest BCUT2D eigenvalue weighted by Gasteiger charge is 2.26. The van der Waals surface area contributed by atoms with Gasteiger partial charge in [-0.15, -0.1) is 12.4 Å². The molecule has 0 spiro atoms. The van der Waals surface area contributed by atoms with Crippen LogP contribution in [0.15, 0.2) is 24.3 Å². The molecule has 2 aliphatic heterocycles. The molecular formula is C14H19ClN2O2. The molecule has 4 nitrogen and oxygen atoms in total. The summed E-state index contributed by atoms with van der Waals surface area (Å²) in [7, 11) is 0. The number of rotatable bonds is 3. The van der Waals surface area contributed by atoms with Gasteiger partial charge in [-0.3, -0.25) is 4.79 Å². The number of ether oxygens (including phenoxy) is 1. The van der Waals surface area contributed by atoms with Gasteiger partial charge >= 0.3 is 0 Å². The van der Waals surface area contributed by atoms with Crippen molar-refractivity contribution in [3.63, 3.8) is 0 Å². The molecule has 1 saturated heterocycles. The first kappa shape index (κ1) is 14.2. The first-order chi connectivity index (χ1) is 8.83. The van der Waals surface area contributed by atoms with Crippen LogP contribution < -0.4 is 15.4 Å². The second kappa shape index (κ2) is 6.26. The van der Waals surface area contributed by atoms with Crippen LogP contribution in [0.4, 0.5) is 0 Å². The molecule has 0 saturated carbocycles. The molecule has 19 heavy (non-hydrogen) atoms. The van der Waals surface area contributed by atoms with E-state index >= 15 is 0 Å². The molecule has 0 aromatic heterocycles. The Balaban J connectivity index is 0.00000133. The van der Waals surface area contributed by atoms with Crippen LogP contribution in [-0.4, -0.2) is 32.1 Å². The Hall–Kier alpha value is -1.26. The van der Waals surface area contributed by atoms with Crippen molar-refractivity contribution >= 4 is 18.3 Å². The van der Waals surface area contributed by atoms with Crippen LogP contribution in [-0.2, 0) is 11.2 Å². The molecule has 1 fully saturated rings. The van der Waals surface area contributed by atoms with Gasteiger partial charge in [-0.2, -0.15) is 0 Å². The minimum absolute atomic E-state index is 0. The van der Waals surface area contributed by atoms with Gasteiger partial charge in [0.1, 0.15) is 12.4 Å². The third-order valence-corrected chi connectivity index (χ3v) is 3.68. The number of nitrogens with one attached hydrogen (secondary N) is 2. The summed E-state index contributed by atoms with van der Waals surface area (Å²) >= 11 is 0. The fourth-order valence-electron chi connectivity index (χ4n) is 2.38. The van der Waals surface area contributed by atoms with Crippen molar-refractivity contribution in [3.05, 3.63) is 29.8 Å². The van der Waals surface area contributed by atoms with E-state index < -0.39 is 0 Å². The Morgan fingerprint density at radius 3 is 2.89 bits per heavy atom. The van der Waals surface area contributed by atoms with Crippen LogP contribution >= 0.6 is 12.4 Å². The molecule has 3 rings (SSSR count). The van der Waals surface area contributed by atoms with E-state index in [-0.39, 0.29) is 24.2 Å². The lowest BCUT2D eigenvalue weighted by Gasteiger charge is -2.29. The largest absolute Gasteiger partial charge is 0.492 e. The second-order valence-corrected chi connectivity index (χ2v) is 5.09. The minimum Gasteiger partial charge on any atom is -0.492 e. The smallest absolute Gasteiger partial charge is 0.226 e. The lowest BCUT2D eigenvalue weighted by molar-refractivity contribution is -0.126. The Kier molecular flexibility index (Phi) is 4.66. The first-order valence-corrected chi connectivity index (χ1v) is 6.52. The summed E-state index contributed by atoms with van der Waals surface area (Å²) in [6, 6.07) is 7.94. The summed E-state index contributed by atoms with van der Waals surface area (Å²) in [6.45, 7) is 3.31. The third-order valence-electron chi connectivity index (χ3n) is 3.68. The Bertz CT molecular complexity index is 449. The summed E-state index contributed by atoms with van der Waals surface area (Å²) in [6.07, 6.45) is 0.783. The molecule has 2 N–H and O–H groups in total. The number of para-hydroxylation sites is 1. The van der Waals surface area contributed by atoms with Gasteiger partial charge in [-0.25, -0.2) is 0 Å². The lowest BCUT2D eigenvalue weighted by atomic mass is 9.95. The quantitative estimate of drug-likeness (QED) is 0.869. The van der Waals surface area contributed by atoms with Crippen LogP contribution in [0.1, 0.15) is 5.56 Å². The zero-order valence-electron chi connectivity index (χ0n) is 10.7. The predicted molar refractivity (Wildman–Crippen MR) is 75.7 cm³/mol. The molecule has 104 valence electrons. The van der Waals surface area contributed by atoms with Gasteiger partial charge in [0, 0.05) is 25.6 Å². The maximum absolute atomic E-state index is 12.0. The molecule has 5 heteroatoms. The molecule has 1 unspecified atom stereocenters. The van der Waals surface area contributed by atoms with E-state index in [0.717, 1.165) is 37.4 Å². The van der Waals surface area contributed by atoms with Crippen molar-refractivity contribution in [1.82, 2.24) is 10.6 Å². The van der Waals surface area contributed by atoms with Gasteiger partial charge in [-0.05, 0) is 18.1 Å². The van der Waals surface area contributed by atoms with Crippen LogP contribution in [0.5, 0.6) is 5.75 Å². The topological polar surface area (TPSA) is 50.4 Å². The molecule has 0 radical (unpaired) electrons. The predicted octanol–water partition coefficient (Wildman–Crippen LogP) is 0.995. The average Bonchev–Trinajstić information content (AvgIpc) is 2.36. The van der Waals surface area contributed by atoms with Crippen LogP contribution in [0.2, 0.25) is 0 Å². The highest BCUT2D eigenvalue weighted by atomic mass is 35.5. The number of benzene rings is 1. The third kappa shape index (κ3) is 3.19. The van der Waals surface area contributed by atoms with E-state index in [1.165, 1.54) is 0 Å². The maximum Gasteiger partial charge on any atom is 0.226 e. The van der Waals surface area contributed by atoms with Crippen molar-refractivity contribution in [2.75, 3.05) is 26.2 Å². The number of carbonyl (C=O) groups excluding carboxylic acids is 1. The Morgan fingerprint density at radius 2 is 2.16 bits per heavy atom. The molecule has 1 aromatic carbocycles. The number of amides is 1. The van der Waals surface area contributed by atoms with Gasteiger partial charge in [0.25, 0.3) is 0 Å². The normalized spacial score (nSPS) is 21.4. The number of hydrogen-bond donors (Lipinski definition) is 2. The van der Waals surface area contributed by atoms with Crippen molar-refractivity contribution in [3.8, 4) is 5.75 Å². The zero-order valence-corrected chi connectivity index (χ0v) is 11.5. The van der Waals surface area contributed by atoms with Gasteiger partial charge in [-0.1, -0.05) is 18.2 Å². The highest BCUT2D eigenvalue weighted by molar-refractivity contribution is 5.85. The fourth-order valence-corrected chi connectivity index (χ4v) is 2.38. The van der Waals surface area contributed by atoms with Gasteiger partial charge in [0.05, 0.1) is 5.92 Å². The van der Waals surface area contributed by atoms with Crippen molar-refractivity contribution < 1.29 is 9.53 Å². The number of hydrogen-bond acceptors (Lipinski definition) is 3. The second-order valence-electron chi connectivity index (χ2n) is 5.09. The number of fused-ring (bicyclic) bond motifs is 1. The molecule has 1 aromatic rings. The van der Waals surface area contributed by atoms with Crippen LogP contribution in [0.3, 0.4) is 0 Å². The van der Waals surface area contributed by atoms with Gasteiger partial charge in [0.2, 0.25) is 5.91 Å². The van der Waals surface area contributed by atoms with Gasteiger partial charge < -0.3 is 15.4 Å². The average molecular weight is 283 g/mol. The Labute approximate surface area is 119 Å². The van der Waals surface area contributed by atoms with E-state index in [1.54, 1.807) is 0 Å². The van der Waals surface area contributed by atoms with Crippen LogP contribution in [0.25, 0.3) is 0 Å². The molecule has 1 amide bonds. The van der Waals surface area contributed by atoms with Crippen molar-refractivity contribution in [1.29, 1.82) is 0 Å². The summed E-state index contributed by atoms with van der Waals surface area (Å²) in [5.74, 6) is 1.60. The van der Waals surface area contributed by atoms with Gasteiger partial charge in [0.15, 0.2) is 0 Å². The summed E-state index contributed by atoms with van der Waals surface area (Å²) in [4.78, 5) is 12.0. The standard InChI is InChI=1S/C14H18N2O2.ClH/c17-14(16-8-10-6-15-7-10)12-5-11-3-1-2-4-13(11)18-9-12;/h1-4,10,12,15H,5-9H2,(H,16,17);1H. The van der Waals surface area contributed by atoms with Crippen molar-refractivity contribution in [2.45, 2.75) is 6.42 Å². The van der Waals surface area contributed by atoms with E-state index in [1.807, 2.05) is 24.3 Å². The van der Waals surface area contributed by atoms with E-state index in [0.29, 0.717) is 12.5 Å². The number of carbonyl (C=O) groups is 1. The summed E-state index contributed by atoms with van der Waals surface area (Å²) in [5, 5.41) is 6.23. The van der Waals surface area contributed by atoms with E-state index in [2.05, 4.69) is 10.6 Å². The van der Waals surface area contributed by atoms with E-state index in [9.17, 15) is 4.79 Å². The molecular weight excluding hydrogens is 264 g/mol. The summed E-state index contributed by atoms with van der Waals surface area (Å²) in [5.41, 5.74) is 1.13. The van der Waals surface area contributed by atoms with E-state index in [4.69, 9.17) is 4.74 Å². The zero-order chi connectivity index (χ0) is 12.4. The SMILES string of the molecule is Cl.O=C(NCC1CNC1)C1COc2ccccc2C1. The summed E-state index contributed by atoms with van der Waals surface area (Å²) < 4.78 is 5.63.